The zero-order chi connectivity index (χ0) is 19.9. The van der Waals surface area contributed by atoms with E-state index in [2.05, 4.69) is 4.72 Å². The number of fused-ring (bicyclic) bond motifs is 1. The van der Waals surface area contributed by atoms with Crippen molar-refractivity contribution in [3.63, 3.8) is 0 Å². The third kappa shape index (κ3) is 3.75. The van der Waals surface area contributed by atoms with Crippen LogP contribution >= 0.6 is 0 Å². The van der Waals surface area contributed by atoms with E-state index in [1.54, 1.807) is 24.4 Å². The standard InChI is InChI=1S/C19H20F2N2O3S/c1-11(2)23-10-15(12-7-16(20)19(26-3)17(21)8-12)14-6-5-13(9-18(14)23)22-27(4,24)25/h5-11,22H,1-4H3. The summed E-state index contributed by atoms with van der Waals surface area (Å²) in [6.07, 6.45) is 2.88. The van der Waals surface area contributed by atoms with Crippen LogP contribution in [-0.4, -0.2) is 26.4 Å². The largest absolute Gasteiger partial charge is 0.491 e. The Kier molecular flexibility index (Phi) is 4.86. The van der Waals surface area contributed by atoms with Gasteiger partial charge in [-0.3, -0.25) is 4.72 Å². The lowest BCUT2D eigenvalue weighted by Crippen LogP contribution is -2.09. The molecule has 5 nitrogen and oxygen atoms in total. The maximum Gasteiger partial charge on any atom is 0.229 e. The van der Waals surface area contributed by atoms with Crippen LogP contribution in [0.4, 0.5) is 14.5 Å². The molecule has 0 aliphatic carbocycles. The molecule has 8 heteroatoms. The van der Waals surface area contributed by atoms with E-state index >= 15 is 0 Å². The van der Waals surface area contributed by atoms with Crippen LogP contribution in [0.2, 0.25) is 0 Å². The number of nitrogens with zero attached hydrogens (tertiary/aromatic N) is 1. The normalized spacial score (nSPS) is 12.0. The Bertz CT molecular complexity index is 1100. The molecule has 144 valence electrons. The summed E-state index contributed by atoms with van der Waals surface area (Å²) in [5, 5.41) is 0.756. The fourth-order valence-electron chi connectivity index (χ4n) is 3.10. The summed E-state index contributed by atoms with van der Waals surface area (Å²) in [5.41, 5.74) is 2.19. The molecule has 1 heterocycles. The molecule has 27 heavy (non-hydrogen) atoms. The average molecular weight is 394 g/mol. The summed E-state index contributed by atoms with van der Waals surface area (Å²) in [7, 11) is -2.21. The fourth-order valence-corrected chi connectivity index (χ4v) is 3.65. The zero-order valence-electron chi connectivity index (χ0n) is 15.4. The van der Waals surface area contributed by atoms with Crippen LogP contribution < -0.4 is 9.46 Å². The molecule has 3 aromatic rings. The number of hydrogen-bond acceptors (Lipinski definition) is 3. The number of sulfonamides is 1. The van der Waals surface area contributed by atoms with Crippen LogP contribution in [0.5, 0.6) is 5.75 Å². The van der Waals surface area contributed by atoms with Crippen LogP contribution in [0.3, 0.4) is 0 Å². The summed E-state index contributed by atoms with van der Waals surface area (Å²) in [6, 6.07) is 7.57. The van der Waals surface area contributed by atoms with Crippen LogP contribution in [0.25, 0.3) is 22.0 Å². The van der Waals surface area contributed by atoms with Crippen molar-refractivity contribution in [1.82, 2.24) is 4.57 Å². The van der Waals surface area contributed by atoms with Crippen molar-refractivity contribution < 1.29 is 21.9 Å². The minimum absolute atomic E-state index is 0.0580. The lowest BCUT2D eigenvalue weighted by molar-refractivity contribution is 0.360. The number of hydrogen-bond donors (Lipinski definition) is 1. The van der Waals surface area contributed by atoms with Crippen LogP contribution in [0.15, 0.2) is 36.5 Å². The highest BCUT2D eigenvalue weighted by atomic mass is 32.2. The molecule has 1 aromatic heterocycles. The molecule has 0 aliphatic rings. The molecule has 3 rings (SSSR count). The van der Waals surface area contributed by atoms with Gasteiger partial charge < -0.3 is 9.30 Å². The van der Waals surface area contributed by atoms with Crippen LogP contribution in [0.1, 0.15) is 19.9 Å². The summed E-state index contributed by atoms with van der Waals surface area (Å²) < 4.78 is 60.4. The summed E-state index contributed by atoms with van der Waals surface area (Å²) in [4.78, 5) is 0. The van der Waals surface area contributed by atoms with E-state index in [1.807, 2.05) is 18.4 Å². The Hall–Kier alpha value is -2.61. The molecule has 2 aromatic carbocycles. The third-order valence-electron chi connectivity index (χ3n) is 4.21. The van der Waals surface area contributed by atoms with Crippen molar-refractivity contribution in [3.8, 4) is 16.9 Å². The molecule has 0 atom stereocenters. The minimum atomic E-state index is -3.42. The number of anilines is 1. The van der Waals surface area contributed by atoms with Crippen molar-refractivity contribution in [3.05, 3.63) is 48.2 Å². The second kappa shape index (κ2) is 6.84. The zero-order valence-corrected chi connectivity index (χ0v) is 16.2. The van der Waals surface area contributed by atoms with Crippen molar-refractivity contribution in [2.75, 3.05) is 18.1 Å². The molecule has 0 bridgehead atoms. The third-order valence-corrected chi connectivity index (χ3v) is 4.81. The first kappa shape index (κ1) is 19.2. The first-order valence-corrected chi connectivity index (χ1v) is 10.2. The summed E-state index contributed by atoms with van der Waals surface area (Å²) in [5.74, 6) is -1.99. The van der Waals surface area contributed by atoms with Gasteiger partial charge in [-0.25, -0.2) is 17.2 Å². The Morgan fingerprint density at radius 2 is 1.74 bits per heavy atom. The van der Waals surface area contributed by atoms with E-state index in [-0.39, 0.29) is 6.04 Å². The predicted octanol–water partition coefficient (Wildman–Crippen LogP) is 4.55. The van der Waals surface area contributed by atoms with Gasteiger partial charge in [-0.05, 0) is 43.7 Å². The Balaban J connectivity index is 2.23. The number of aromatic nitrogens is 1. The van der Waals surface area contributed by atoms with Crippen molar-refractivity contribution in [2.24, 2.45) is 0 Å². The van der Waals surface area contributed by atoms with Crippen molar-refractivity contribution in [2.45, 2.75) is 19.9 Å². The molecule has 0 saturated carbocycles. The second-order valence-corrected chi connectivity index (χ2v) is 8.37. The lowest BCUT2D eigenvalue weighted by atomic mass is 10.0. The first-order valence-electron chi connectivity index (χ1n) is 8.26. The second-order valence-electron chi connectivity index (χ2n) is 6.62. The van der Waals surface area contributed by atoms with Gasteiger partial charge >= 0.3 is 0 Å². The molecule has 0 fully saturated rings. The van der Waals surface area contributed by atoms with Gasteiger partial charge in [-0.2, -0.15) is 0 Å². The number of methoxy groups -OCH3 is 1. The number of benzene rings is 2. The average Bonchev–Trinajstić information content (AvgIpc) is 2.92. The minimum Gasteiger partial charge on any atom is -0.491 e. The highest BCUT2D eigenvalue weighted by Gasteiger charge is 2.18. The molecule has 1 N–H and O–H groups in total. The number of ether oxygens (including phenoxy) is 1. The van der Waals surface area contributed by atoms with Gasteiger partial charge in [0, 0.05) is 23.2 Å². The van der Waals surface area contributed by atoms with Crippen molar-refractivity contribution >= 4 is 26.6 Å². The molecule has 0 radical (unpaired) electrons. The summed E-state index contributed by atoms with van der Waals surface area (Å²) in [6.45, 7) is 3.93. The molecule has 0 aliphatic heterocycles. The van der Waals surface area contributed by atoms with E-state index in [0.29, 0.717) is 16.8 Å². The maximum atomic E-state index is 14.2. The van der Waals surface area contributed by atoms with Gasteiger partial charge in [-0.15, -0.1) is 0 Å². The quantitative estimate of drug-likeness (QED) is 0.691. The van der Waals surface area contributed by atoms with E-state index in [4.69, 9.17) is 4.74 Å². The lowest BCUT2D eigenvalue weighted by Gasteiger charge is -2.10. The smallest absolute Gasteiger partial charge is 0.229 e. The summed E-state index contributed by atoms with van der Waals surface area (Å²) >= 11 is 0. The Labute approximate surface area is 156 Å². The number of rotatable bonds is 5. The molecule has 0 amide bonds. The molecular formula is C19H20F2N2O3S. The van der Waals surface area contributed by atoms with Gasteiger partial charge in [0.25, 0.3) is 0 Å². The van der Waals surface area contributed by atoms with Gasteiger partial charge in [0.05, 0.1) is 24.6 Å². The van der Waals surface area contributed by atoms with E-state index in [0.717, 1.165) is 17.2 Å². The maximum absolute atomic E-state index is 14.2. The first-order chi connectivity index (χ1) is 12.6. The van der Waals surface area contributed by atoms with Gasteiger partial charge in [0.15, 0.2) is 17.4 Å². The molecule has 0 spiro atoms. The number of nitrogens with one attached hydrogen (secondary N) is 1. The van der Waals surface area contributed by atoms with E-state index < -0.39 is 27.4 Å². The predicted molar refractivity (Wildman–Crippen MR) is 103 cm³/mol. The van der Waals surface area contributed by atoms with Gasteiger partial charge in [0.1, 0.15) is 0 Å². The monoisotopic (exact) mass is 394 g/mol. The fraction of sp³-hybridized carbons (Fsp3) is 0.263. The van der Waals surface area contributed by atoms with Crippen LogP contribution in [-0.2, 0) is 10.0 Å². The van der Waals surface area contributed by atoms with Crippen molar-refractivity contribution in [1.29, 1.82) is 0 Å². The Morgan fingerprint density at radius 1 is 1.11 bits per heavy atom. The SMILES string of the molecule is COc1c(F)cc(-c2cn(C(C)C)c3cc(NS(C)(=O)=O)ccc23)cc1F. The molecule has 0 saturated heterocycles. The molecular weight excluding hydrogens is 374 g/mol. The number of halogens is 2. The molecule has 0 unspecified atom stereocenters. The van der Waals surface area contributed by atoms with Gasteiger partial charge in [-0.1, -0.05) is 6.07 Å². The van der Waals surface area contributed by atoms with Gasteiger partial charge in [0.2, 0.25) is 10.0 Å². The van der Waals surface area contributed by atoms with E-state index in [1.165, 1.54) is 19.2 Å². The Morgan fingerprint density at radius 3 is 2.26 bits per heavy atom. The topological polar surface area (TPSA) is 60.3 Å². The highest BCUT2D eigenvalue weighted by molar-refractivity contribution is 7.92. The van der Waals surface area contributed by atoms with Crippen LogP contribution in [0, 0.1) is 11.6 Å². The van der Waals surface area contributed by atoms with E-state index in [9.17, 15) is 17.2 Å². The highest BCUT2D eigenvalue weighted by Crippen LogP contribution is 2.36.